The molecule has 0 saturated carbocycles. The number of hydrazone groups is 1. The maximum atomic E-state index is 6.13. The number of benzene rings is 1. The molecular weight excluding hydrogens is 382 g/mol. The van der Waals surface area contributed by atoms with Gasteiger partial charge in [0, 0.05) is 19.3 Å². The Kier molecular flexibility index (Phi) is 7.86. The van der Waals surface area contributed by atoms with Gasteiger partial charge in [0.2, 0.25) is 0 Å². The second-order valence-electron chi connectivity index (χ2n) is 4.65. The number of thiazole rings is 1. The number of anilines is 2. The minimum absolute atomic E-state index is 0.366. The minimum atomic E-state index is 0.366. The van der Waals surface area contributed by atoms with Crippen LogP contribution in [0.25, 0.3) is 0 Å². The lowest BCUT2D eigenvalue weighted by Gasteiger charge is -2.05. The lowest BCUT2D eigenvalue weighted by Crippen LogP contribution is -2.34. The van der Waals surface area contributed by atoms with E-state index in [4.69, 9.17) is 33.3 Å². The highest BCUT2D eigenvalue weighted by molar-refractivity contribution is 7.80. The number of rotatable bonds is 8. The maximum Gasteiger partial charge on any atom is 0.189 e. The average Bonchev–Trinajstić information content (AvgIpc) is 2.95. The monoisotopic (exact) mass is 399 g/mol. The van der Waals surface area contributed by atoms with Gasteiger partial charge in [-0.25, -0.2) is 4.98 Å². The van der Waals surface area contributed by atoms with Gasteiger partial charge in [-0.1, -0.05) is 22.9 Å². The van der Waals surface area contributed by atoms with E-state index in [0.717, 1.165) is 11.4 Å². The first-order valence-corrected chi connectivity index (χ1v) is 8.86. The highest BCUT2D eigenvalue weighted by atomic mass is 35.5. The molecular formula is C15H18ClN5O2S2. The zero-order chi connectivity index (χ0) is 18.1. The van der Waals surface area contributed by atoms with Crippen molar-refractivity contribution in [1.29, 1.82) is 0 Å². The number of ether oxygens (including phenoxy) is 2. The second-order valence-corrected chi connectivity index (χ2v) is 6.44. The van der Waals surface area contributed by atoms with Crippen LogP contribution in [0.5, 0.6) is 5.75 Å². The fourth-order valence-corrected chi connectivity index (χ4v) is 2.90. The average molecular weight is 400 g/mol. The molecule has 0 fully saturated rings. The van der Waals surface area contributed by atoms with Crippen molar-refractivity contribution in [2.45, 2.75) is 0 Å². The molecule has 10 heteroatoms. The van der Waals surface area contributed by atoms with Gasteiger partial charge < -0.3 is 20.1 Å². The molecule has 0 aliphatic rings. The SMILES string of the molecule is COCCNC(=S)N/N=C/c1sc(Nc2ccc(OC)cc2)nc1Cl. The Hall–Kier alpha value is -1.94. The molecule has 25 heavy (non-hydrogen) atoms. The quantitative estimate of drug-likeness (QED) is 0.272. The van der Waals surface area contributed by atoms with E-state index in [1.54, 1.807) is 20.4 Å². The lowest BCUT2D eigenvalue weighted by atomic mass is 10.3. The number of nitrogens with one attached hydrogen (secondary N) is 3. The smallest absolute Gasteiger partial charge is 0.189 e. The van der Waals surface area contributed by atoms with E-state index in [-0.39, 0.29) is 0 Å². The van der Waals surface area contributed by atoms with Gasteiger partial charge in [-0.3, -0.25) is 5.43 Å². The Morgan fingerprint density at radius 2 is 2.12 bits per heavy atom. The Bertz CT molecular complexity index is 721. The number of methoxy groups -OCH3 is 2. The van der Waals surface area contributed by atoms with Gasteiger partial charge in [0.1, 0.15) is 5.75 Å². The molecule has 2 rings (SSSR count). The van der Waals surface area contributed by atoms with Crippen molar-refractivity contribution in [3.05, 3.63) is 34.3 Å². The number of aromatic nitrogens is 1. The molecule has 0 atom stereocenters. The van der Waals surface area contributed by atoms with E-state index in [2.05, 4.69) is 26.1 Å². The highest BCUT2D eigenvalue weighted by Gasteiger charge is 2.08. The van der Waals surface area contributed by atoms with E-state index in [0.29, 0.717) is 33.4 Å². The van der Waals surface area contributed by atoms with Gasteiger partial charge in [-0.2, -0.15) is 5.10 Å². The number of nitrogens with zero attached hydrogens (tertiary/aromatic N) is 2. The van der Waals surface area contributed by atoms with Crippen LogP contribution in [0.3, 0.4) is 0 Å². The van der Waals surface area contributed by atoms with Crippen LogP contribution < -0.4 is 20.8 Å². The van der Waals surface area contributed by atoms with Gasteiger partial charge in [0.15, 0.2) is 15.4 Å². The van der Waals surface area contributed by atoms with Crippen LogP contribution in [-0.4, -0.2) is 43.7 Å². The van der Waals surface area contributed by atoms with Crippen molar-refractivity contribution >= 4 is 57.3 Å². The first-order chi connectivity index (χ1) is 12.1. The fraction of sp³-hybridized carbons (Fsp3) is 0.267. The Morgan fingerprint density at radius 3 is 2.80 bits per heavy atom. The van der Waals surface area contributed by atoms with Crippen molar-refractivity contribution in [1.82, 2.24) is 15.7 Å². The summed E-state index contributed by atoms with van der Waals surface area (Å²) >= 11 is 12.6. The van der Waals surface area contributed by atoms with Crippen LogP contribution in [0.2, 0.25) is 5.15 Å². The van der Waals surface area contributed by atoms with Crippen LogP contribution in [0.15, 0.2) is 29.4 Å². The molecule has 1 heterocycles. The normalized spacial score (nSPS) is 10.7. The van der Waals surface area contributed by atoms with E-state index in [1.165, 1.54) is 11.3 Å². The molecule has 0 unspecified atom stereocenters. The van der Waals surface area contributed by atoms with Crippen LogP contribution >= 0.6 is 35.2 Å². The van der Waals surface area contributed by atoms with Crippen molar-refractivity contribution in [2.24, 2.45) is 5.10 Å². The molecule has 0 amide bonds. The molecule has 0 aliphatic carbocycles. The van der Waals surface area contributed by atoms with Crippen LogP contribution in [-0.2, 0) is 4.74 Å². The van der Waals surface area contributed by atoms with Crippen LogP contribution in [0, 0.1) is 0 Å². The molecule has 7 nitrogen and oxygen atoms in total. The largest absolute Gasteiger partial charge is 0.497 e. The van der Waals surface area contributed by atoms with Crippen molar-refractivity contribution in [2.75, 3.05) is 32.7 Å². The molecule has 1 aromatic heterocycles. The van der Waals surface area contributed by atoms with E-state index >= 15 is 0 Å². The maximum absolute atomic E-state index is 6.13. The molecule has 0 radical (unpaired) electrons. The Labute approximate surface area is 160 Å². The Morgan fingerprint density at radius 1 is 1.36 bits per heavy atom. The first-order valence-electron chi connectivity index (χ1n) is 7.25. The third-order valence-electron chi connectivity index (χ3n) is 2.89. The third kappa shape index (κ3) is 6.46. The van der Waals surface area contributed by atoms with Gasteiger partial charge in [0.05, 0.1) is 24.8 Å². The van der Waals surface area contributed by atoms with Crippen molar-refractivity contribution in [3.8, 4) is 5.75 Å². The molecule has 134 valence electrons. The summed E-state index contributed by atoms with van der Waals surface area (Å²) in [4.78, 5) is 4.98. The van der Waals surface area contributed by atoms with Gasteiger partial charge in [-0.15, -0.1) is 0 Å². The predicted molar refractivity (Wildman–Crippen MR) is 107 cm³/mol. The predicted octanol–water partition coefficient (Wildman–Crippen LogP) is 2.99. The molecule has 0 aliphatic heterocycles. The summed E-state index contributed by atoms with van der Waals surface area (Å²) in [6.45, 7) is 1.17. The zero-order valence-electron chi connectivity index (χ0n) is 13.7. The number of hydrogen-bond donors (Lipinski definition) is 3. The molecule has 0 saturated heterocycles. The van der Waals surface area contributed by atoms with Gasteiger partial charge >= 0.3 is 0 Å². The molecule has 0 spiro atoms. The summed E-state index contributed by atoms with van der Waals surface area (Å²) in [7, 11) is 3.25. The fourth-order valence-electron chi connectivity index (χ4n) is 1.70. The van der Waals surface area contributed by atoms with E-state index in [1.807, 2.05) is 24.3 Å². The topological polar surface area (TPSA) is 79.8 Å². The first kappa shape index (κ1) is 19.4. The highest BCUT2D eigenvalue weighted by Crippen LogP contribution is 2.28. The van der Waals surface area contributed by atoms with Gasteiger partial charge in [-0.05, 0) is 36.5 Å². The molecule has 2 aromatic rings. The third-order valence-corrected chi connectivity index (χ3v) is 4.43. The standard InChI is InChI=1S/C15H18ClN5O2S2/c1-22-8-7-17-14(24)21-18-9-12-13(16)20-15(25-12)19-10-3-5-11(23-2)6-4-10/h3-6,9H,7-8H2,1-2H3,(H,19,20)(H2,17,21,24)/b18-9+. The molecule has 3 N–H and O–H groups in total. The van der Waals surface area contributed by atoms with Crippen molar-refractivity contribution in [3.63, 3.8) is 0 Å². The summed E-state index contributed by atoms with van der Waals surface area (Å²) in [6, 6.07) is 7.52. The summed E-state index contributed by atoms with van der Waals surface area (Å²) in [5.41, 5.74) is 3.59. The summed E-state index contributed by atoms with van der Waals surface area (Å²) < 4.78 is 10.0. The molecule has 0 bridgehead atoms. The minimum Gasteiger partial charge on any atom is -0.497 e. The van der Waals surface area contributed by atoms with Crippen LogP contribution in [0.4, 0.5) is 10.8 Å². The number of thiocarbonyl (C=S) groups is 1. The molecule has 1 aromatic carbocycles. The zero-order valence-corrected chi connectivity index (χ0v) is 16.1. The van der Waals surface area contributed by atoms with Crippen molar-refractivity contribution < 1.29 is 9.47 Å². The lowest BCUT2D eigenvalue weighted by molar-refractivity contribution is 0.204. The number of hydrogen-bond acceptors (Lipinski definition) is 7. The summed E-state index contributed by atoms with van der Waals surface area (Å²) in [6.07, 6.45) is 1.57. The Balaban J connectivity index is 1.90. The van der Waals surface area contributed by atoms with E-state index in [9.17, 15) is 0 Å². The second kappa shape index (κ2) is 10.1. The number of halogens is 1. The summed E-state index contributed by atoms with van der Waals surface area (Å²) in [5, 5.41) is 11.6. The van der Waals surface area contributed by atoms with Crippen LogP contribution in [0.1, 0.15) is 4.88 Å². The summed E-state index contributed by atoms with van der Waals surface area (Å²) in [5.74, 6) is 0.789. The van der Waals surface area contributed by atoms with E-state index < -0.39 is 0 Å². The van der Waals surface area contributed by atoms with Gasteiger partial charge in [0.25, 0.3) is 0 Å².